The number of aromatic nitrogens is 1. The Labute approximate surface area is 210 Å². The third-order valence-corrected chi connectivity index (χ3v) is 14.7. The molecule has 4 aromatic carbocycles. The first-order valence-corrected chi connectivity index (χ1v) is 18.7. The molecular weight excluding hydrogens is 487 g/mol. The van der Waals surface area contributed by atoms with Gasteiger partial charge >= 0.3 is 211 Å². The average molecular weight is 518 g/mol. The Balaban J connectivity index is 1.62. The van der Waals surface area contributed by atoms with E-state index in [-0.39, 0.29) is 5.41 Å². The first kappa shape index (κ1) is 22.4. The van der Waals surface area contributed by atoms with Gasteiger partial charge in [0.15, 0.2) is 0 Å². The molecule has 0 bridgehead atoms. The van der Waals surface area contributed by atoms with E-state index in [4.69, 9.17) is 9.72 Å². The minimum atomic E-state index is -2.51. The van der Waals surface area contributed by atoms with E-state index >= 15 is 0 Å². The van der Waals surface area contributed by atoms with Crippen molar-refractivity contribution >= 4 is 43.6 Å². The molecule has 0 amide bonds. The molecule has 1 aliphatic heterocycles. The second-order valence-corrected chi connectivity index (χ2v) is 20.8. The Kier molecular flexibility index (Phi) is 5.09. The number of ether oxygens (including phenoxy) is 1. The van der Waals surface area contributed by atoms with E-state index in [9.17, 15) is 0 Å². The SMILES string of the molecule is CC(C)(C)Cc1c2c(cc3ccccc13)-c1nccc3c[c]([Ge]([CH3])([CH3])[c]4ccccc4)cc(c13)O2. The summed E-state index contributed by atoms with van der Waals surface area (Å²) in [7, 11) is 0. The predicted octanol–water partition coefficient (Wildman–Crippen LogP) is 7.57. The van der Waals surface area contributed by atoms with Crippen LogP contribution >= 0.6 is 0 Å². The van der Waals surface area contributed by atoms with Crippen LogP contribution in [0.15, 0.2) is 85.1 Å². The molecule has 2 heterocycles. The number of hydrogen-bond acceptors (Lipinski definition) is 2. The first-order valence-electron chi connectivity index (χ1n) is 12.4. The second kappa shape index (κ2) is 7.96. The van der Waals surface area contributed by atoms with Crippen LogP contribution in [-0.4, -0.2) is 18.3 Å². The zero-order chi connectivity index (χ0) is 24.4. The molecule has 35 heavy (non-hydrogen) atoms. The molecule has 6 rings (SSSR count). The van der Waals surface area contributed by atoms with Crippen LogP contribution in [-0.2, 0) is 6.42 Å². The normalized spacial score (nSPS) is 13.1. The fraction of sp³-hybridized carbons (Fsp3) is 0.219. The van der Waals surface area contributed by atoms with Crippen LogP contribution in [0.25, 0.3) is 32.8 Å². The molecule has 0 saturated heterocycles. The molecule has 1 aliphatic rings. The first-order chi connectivity index (χ1) is 16.7. The molecule has 3 heteroatoms. The number of hydrogen-bond donors (Lipinski definition) is 0. The number of fused-ring (bicyclic) bond motifs is 3. The Hall–Kier alpha value is -3.11. The summed E-state index contributed by atoms with van der Waals surface area (Å²) in [5, 5.41) is 4.86. The van der Waals surface area contributed by atoms with Gasteiger partial charge in [0.1, 0.15) is 0 Å². The summed E-state index contributed by atoms with van der Waals surface area (Å²) in [4.78, 5) is 4.91. The molecule has 0 unspecified atom stereocenters. The Morgan fingerprint density at radius 1 is 0.800 bits per heavy atom. The Morgan fingerprint density at radius 3 is 2.31 bits per heavy atom. The van der Waals surface area contributed by atoms with Crippen molar-refractivity contribution in [3.8, 4) is 22.8 Å². The van der Waals surface area contributed by atoms with Crippen molar-refractivity contribution in [3.05, 3.63) is 90.6 Å². The van der Waals surface area contributed by atoms with Gasteiger partial charge in [0.2, 0.25) is 0 Å². The van der Waals surface area contributed by atoms with E-state index in [1.165, 1.54) is 30.5 Å². The van der Waals surface area contributed by atoms with Gasteiger partial charge in [-0.25, -0.2) is 0 Å². The Morgan fingerprint density at radius 2 is 1.54 bits per heavy atom. The molecule has 0 atom stereocenters. The van der Waals surface area contributed by atoms with Crippen molar-refractivity contribution in [2.75, 3.05) is 0 Å². The van der Waals surface area contributed by atoms with Crippen molar-refractivity contribution in [1.82, 2.24) is 4.98 Å². The number of rotatable bonds is 3. The van der Waals surface area contributed by atoms with Crippen molar-refractivity contribution in [3.63, 3.8) is 0 Å². The van der Waals surface area contributed by atoms with E-state index < -0.39 is 13.3 Å². The minimum absolute atomic E-state index is 0.132. The summed E-state index contributed by atoms with van der Waals surface area (Å²) < 4.78 is 9.80. The standard InChI is InChI=1S/C32H31GeNO/c1-32(2,3)20-27-25-14-10-9-11-21(25)18-26-30-29-22(15-16-34-30)17-24(19-28(29)35-31(26)27)33(4,5)23-12-7-6-8-13-23/h6-19H,20H2,1-5H3. The van der Waals surface area contributed by atoms with E-state index in [0.717, 1.165) is 34.6 Å². The summed E-state index contributed by atoms with van der Waals surface area (Å²) in [6.45, 7) is 6.89. The fourth-order valence-corrected chi connectivity index (χ4v) is 10.4. The van der Waals surface area contributed by atoms with Crippen molar-refractivity contribution in [1.29, 1.82) is 0 Å². The molecule has 2 nitrogen and oxygen atoms in total. The molecule has 1 aromatic heterocycles. The van der Waals surface area contributed by atoms with Gasteiger partial charge in [0.05, 0.1) is 0 Å². The average Bonchev–Trinajstić information content (AvgIpc) is 2.84. The predicted molar refractivity (Wildman–Crippen MR) is 151 cm³/mol. The summed E-state index contributed by atoms with van der Waals surface area (Å²) >= 11 is -2.51. The fourth-order valence-electron chi connectivity index (χ4n) is 5.46. The van der Waals surface area contributed by atoms with E-state index in [1.54, 1.807) is 0 Å². The zero-order valence-corrected chi connectivity index (χ0v) is 23.2. The van der Waals surface area contributed by atoms with Gasteiger partial charge in [-0.3, -0.25) is 0 Å². The van der Waals surface area contributed by atoms with Gasteiger partial charge in [-0.1, -0.05) is 0 Å². The third-order valence-electron chi connectivity index (χ3n) is 7.32. The molecule has 0 fully saturated rings. The maximum absolute atomic E-state index is 6.90. The van der Waals surface area contributed by atoms with Crippen molar-refractivity contribution in [2.24, 2.45) is 5.41 Å². The van der Waals surface area contributed by atoms with Crippen LogP contribution in [0.2, 0.25) is 11.5 Å². The van der Waals surface area contributed by atoms with Crippen LogP contribution in [0.3, 0.4) is 0 Å². The monoisotopic (exact) mass is 519 g/mol. The van der Waals surface area contributed by atoms with E-state index in [0.29, 0.717) is 0 Å². The molecule has 0 spiro atoms. The third kappa shape index (κ3) is 3.75. The second-order valence-electron chi connectivity index (χ2n) is 11.5. The van der Waals surface area contributed by atoms with Crippen LogP contribution in [0.5, 0.6) is 11.5 Å². The van der Waals surface area contributed by atoms with Gasteiger partial charge in [0, 0.05) is 0 Å². The van der Waals surface area contributed by atoms with Crippen LogP contribution in [0, 0.1) is 5.41 Å². The van der Waals surface area contributed by atoms with Gasteiger partial charge in [-0.05, 0) is 0 Å². The zero-order valence-electron chi connectivity index (χ0n) is 21.1. The van der Waals surface area contributed by atoms with Crippen LogP contribution in [0.4, 0.5) is 0 Å². The van der Waals surface area contributed by atoms with E-state index in [1.807, 2.05) is 6.20 Å². The van der Waals surface area contributed by atoms with E-state index in [2.05, 4.69) is 111 Å². The number of benzene rings is 4. The molecule has 174 valence electrons. The molecule has 0 saturated carbocycles. The van der Waals surface area contributed by atoms with Gasteiger partial charge in [0.25, 0.3) is 0 Å². The Bertz CT molecular complexity index is 1600. The van der Waals surface area contributed by atoms with Crippen LogP contribution < -0.4 is 13.5 Å². The summed E-state index contributed by atoms with van der Waals surface area (Å²) in [5.74, 6) is 6.88. The molecule has 0 aliphatic carbocycles. The maximum atomic E-state index is 6.90. The molecular formula is C32H31GeNO. The van der Waals surface area contributed by atoms with Crippen molar-refractivity contribution in [2.45, 2.75) is 38.7 Å². The summed E-state index contributed by atoms with van der Waals surface area (Å²) in [5.41, 5.74) is 3.56. The summed E-state index contributed by atoms with van der Waals surface area (Å²) in [6.07, 6.45) is 2.90. The molecule has 0 N–H and O–H groups in total. The van der Waals surface area contributed by atoms with Gasteiger partial charge in [-0.2, -0.15) is 0 Å². The quantitative estimate of drug-likeness (QED) is 0.226. The topological polar surface area (TPSA) is 22.1 Å². The molecule has 5 aromatic rings. The molecule has 0 radical (unpaired) electrons. The van der Waals surface area contributed by atoms with Crippen molar-refractivity contribution < 1.29 is 4.74 Å². The number of pyridine rings is 1. The van der Waals surface area contributed by atoms with Crippen LogP contribution in [0.1, 0.15) is 26.3 Å². The summed E-state index contributed by atoms with van der Waals surface area (Å²) in [6, 6.07) is 28.8. The number of nitrogens with zero attached hydrogens (tertiary/aromatic N) is 1. The van der Waals surface area contributed by atoms with Gasteiger partial charge < -0.3 is 0 Å². The van der Waals surface area contributed by atoms with Gasteiger partial charge in [-0.15, -0.1) is 0 Å².